The first kappa shape index (κ1) is 16.9. The van der Waals surface area contributed by atoms with Gasteiger partial charge in [-0.05, 0) is 35.9 Å². The SMILES string of the molecule is O=C(OCC(=O)N1CCCc2ccccc21)c1csc(-c2ccsc2)n1. The minimum Gasteiger partial charge on any atom is -0.451 e. The number of aromatic nitrogens is 1. The first-order valence-electron chi connectivity index (χ1n) is 8.26. The number of ether oxygens (including phenoxy) is 1. The van der Waals surface area contributed by atoms with Crippen molar-refractivity contribution in [1.82, 2.24) is 4.98 Å². The van der Waals surface area contributed by atoms with Gasteiger partial charge in [0.05, 0.1) is 0 Å². The molecule has 1 aliphatic rings. The number of fused-ring (bicyclic) bond motifs is 1. The van der Waals surface area contributed by atoms with Gasteiger partial charge in [0.25, 0.3) is 5.91 Å². The smallest absolute Gasteiger partial charge is 0.358 e. The number of hydrogen-bond acceptors (Lipinski definition) is 6. The molecule has 0 unspecified atom stereocenters. The Balaban J connectivity index is 1.40. The number of rotatable bonds is 4. The van der Waals surface area contributed by atoms with Gasteiger partial charge in [-0.25, -0.2) is 9.78 Å². The summed E-state index contributed by atoms with van der Waals surface area (Å²) in [6, 6.07) is 9.80. The predicted octanol–water partition coefficient (Wildman–Crippen LogP) is 4.01. The number of hydrogen-bond donors (Lipinski definition) is 0. The summed E-state index contributed by atoms with van der Waals surface area (Å²) in [7, 11) is 0. The first-order chi connectivity index (χ1) is 12.7. The summed E-state index contributed by atoms with van der Waals surface area (Å²) in [5.41, 5.74) is 3.29. The second-order valence-electron chi connectivity index (χ2n) is 5.90. The van der Waals surface area contributed by atoms with Gasteiger partial charge in [-0.2, -0.15) is 11.3 Å². The third-order valence-electron chi connectivity index (χ3n) is 4.22. The molecule has 26 heavy (non-hydrogen) atoms. The molecule has 0 spiro atoms. The molecule has 0 fully saturated rings. The topological polar surface area (TPSA) is 59.5 Å². The summed E-state index contributed by atoms with van der Waals surface area (Å²) in [5.74, 6) is -0.778. The Kier molecular flexibility index (Phi) is 4.81. The number of aryl methyl sites for hydroxylation is 1. The van der Waals surface area contributed by atoms with E-state index in [1.165, 1.54) is 11.3 Å². The summed E-state index contributed by atoms with van der Waals surface area (Å²) in [6.07, 6.45) is 1.87. The average Bonchev–Trinajstić information content (AvgIpc) is 3.36. The Labute approximate surface area is 158 Å². The van der Waals surface area contributed by atoms with Crippen molar-refractivity contribution < 1.29 is 14.3 Å². The molecule has 2 aromatic heterocycles. The molecule has 1 amide bonds. The number of benzene rings is 1. The fourth-order valence-corrected chi connectivity index (χ4v) is 4.46. The minimum absolute atomic E-state index is 0.209. The number of amides is 1. The van der Waals surface area contributed by atoms with Gasteiger partial charge in [-0.15, -0.1) is 11.3 Å². The second-order valence-corrected chi connectivity index (χ2v) is 7.54. The highest BCUT2D eigenvalue weighted by molar-refractivity contribution is 7.14. The highest BCUT2D eigenvalue weighted by Crippen LogP contribution is 2.27. The van der Waals surface area contributed by atoms with Crippen LogP contribution in [0.1, 0.15) is 22.5 Å². The van der Waals surface area contributed by atoms with Gasteiger partial charge in [-0.1, -0.05) is 18.2 Å². The van der Waals surface area contributed by atoms with E-state index in [1.807, 2.05) is 41.1 Å². The van der Waals surface area contributed by atoms with Crippen molar-refractivity contribution in [3.8, 4) is 10.6 Å². The van der Waals surface area contributed by atoms with Gasteiger partial charge in [0.2, 0.25) is 0 Å². The van der Waals surface area contributed by atoms with E-state index in [9.17, 15) is 9.59 Å². The number of thiophene rings is 1. The molecule has 0 saturated heterocycles. The molecule has 4 rings (SSSR count). The van der Waals surface area contributed by atoms with E-state index in [-0.39, 0.29) is 18.2 Å². The van der Waals surface area contributed by atoms with Crippen LogP contribution in [-0.2, 0) is 16.0 Å². The van der Waals surface area contributed by atoms with Crippen molar-refractivity contribution in [1.29, 1.82) is 0 Å². The van der Waals surface area contributed by atoms with Crippen LogP contribution in [0.25, 0.3) is 10.6 Å². The van der Waals surface area contributed by atoms with Crippen LogP contribution in [0.4, 0.5) is 5.69 Å². The van der Waals surface area contributed by atoms with Crippen molar-refractivity contribution >= 4 is 40.2 Å². The molecular formula is C19H16N2O3S2. The van der Waals surface area contributed by atoms with Gasteiger partial charge in [-0.3, -0.25) is 4.79 Å². The molecule has 0 bridgehead atoms. The average molecular weight is 384 g/mol. The van der Waals surface area contributed by atoms with Crippen LogP contribution in [0.5, 0.6) is 0 Å². The molecule has 0 aliphatic carbocycles. The van der Waals surface area contributed by atoms with Crippen LogP contribution in [0.2, 0.25) is 0 Å². The zero-order valence-electron chi connectivity index (χ0n) is 13.9. The number of para-hydroxylation sites is 1. The Morgan fingerprint density at radius 3 is 2.92 bits per heavy atom. The Morgan fingerprint density at radius 2 is 2.08 bits per heavy atom. The van der Waals surface area contributed by atoms with Crippen molar-refractivity contribution in [2.45, 2.75) is 12.8 Å². The molecule has 5 nitrogen and oxygen atoms in total. The lowest BCUT2D eigenvalue weighted by molar-refractivity contribution is -0.121. The molecule has 1 aliphatic heterocycles. The normalized spacial score (nSPS) is 13.3. The summed E-state index contributed by atoms with van der Waals surface area (Å²) in [5, 5.41) is 6.37. The molecule has 0 radical (unpaired) electrons. The molecule has 7 heteroatoms. The summed E-state index contributed by atoms with van der Waals surface area (Å²) < 4.78 is 5.21. The molecule has 0 N–H and O–H groups in total. The van der Waals surface area contributed by atoms with Crippen molar-refractivity contribution in [2.24, 2.45) is 0 Å². The van der Waals surface area contributed by atoms with Gasteiger partial charge in [0.15, 0.2) is 12.3 Å². The maximum atomic E-state index is 12.5. The number of carbonyl (C=O) groups excluding carboxylic acids is 2. The number of esters is 1. The van der Waals surface area contributed by atoms with Crippen LogP contribution in [0.15, 0.2) is 46.5 Å². The van der Waals surface area contributed by atoms with E-state index in [0.717, 1.165) is 34.7 Å². The molecule has 132 valence electrons. The van der Waals surface area contributed by atoms with Gasteiger partial charge in [0.1, 0.15) is 5.01 Å². The van der Waals surface area contributed by atoms with Crippen molar-refractivity contribution in [2.75, 3.05) is 18.1 Å². The van der Waals surface area contributed by atoms with Gasteiger partial charge < -0.3 is 9.64 Å². The third kappa shape index (κ3) is 3.40. The molecule has 1 aromatic carbocycles. The number of thiazole rings is 1. The van der Waals surface area contributed by atoms with E-state index in [0.29, 0.717) is 6.54 Å². The number of anilines is 1. The third-order valence-corrected chi connectivity index (χ3v) is 5.79. The number of carbonyl (C=O) groups is 2. The maximum Gasteiger partial charge on any atom is 0.358 e. The predicted molar refractivity (Wildman–Crippen MR) is 103 cm³/mol. The Bertz CT molecular complexity index is 934. The lowest BCUT2D eigenvalue weighted by Gasteiger charge is -2.29. The Hall–Kier alpha value is -2.51. The van der Waals surface area contributed by atoms with Crippen LogP contribution in [0.3, 0.4) is 0 Å². The van der Waals surface area contributed by atoms with E-state index < -0.39 is 5.97 Å². The highest BCUT2D eigenvalue weighted by Gasteiger charge is 2.23. The summed E-state index contributed by atoms with van der Waals surface area (Å²) in [6.45, 7) is 0.366. The zero-order valence-corrected chi connectivity index (χ0v) is 15.5. The zero-order chi connectivity index (χ0) is 17.9. The molecular weight excluding hydrogens is 368 g/mol. The fourth-order valence-electron chi connectivity index (χ4n) is 2.96. The lowest BCUT2D eigenvalue weighted by atomic mass is 10.0. The monoisotopic (exact) mass is 384 g/mol. The van der Waals surface area contributed by atoms with Gasteiger partial charge >= 0.3 is 5.97 Å². The van der Waals surface area contributed by atoms with Crippen LogP contribution < -0.4 is 4.90 Å². The minimum atomic E-state index is -0.568. The molecule has 3 aromatic rings. The van der Waals surface area contributed by atoms with Crippen LogP contribution >= 0.6 is 22.7 Å². The highest BCUT2D eigenvalue weighted by atomic mass is 32.1. The summed E-state index contributed by atoms with van der Waals surface area (Å²) in [4.78, 5) is 30.7. The fraction of sp³-hybridized carbons (Fsp3) is 0.211. The lowest BCUT2D eigenvalue weighted by Crippen LogP contribution is -2.38. The quantitative estimate of drug-likeness (QED) is 0.638. The summed E-state index contributed by atoms with van der Waals surface area (Å²) >= 11 is 2.96. The van der Waals surface area contributed by atoms with Crippen molar-refractivity contribution in [3.05, 3.63) is 57.7 Å². The van der Waals surface area contributed by atoms with E-state index in [1.54, 1.807) is 21.6 Å². The maximum absolute atomic E-state index is 12.5. The standard InChI is InChI=1S/C19H16N2O3S2/c22-17(21-8-3-5-13-4-1-2-6-16(13)21)10-24-19(23)15-12-26-18(20-15)14-7-9-25-11-14/h1-2,4,6-7,9,11-12H,3,5,8,10H2. The van der Waals surface area contributed by atoms with E-state index in [2.05, 4.69) is 4.98 Å². The largest absolute Gasteiger partial charge is 0.451 e. The van der Waals surface area contributed by atoms with Gasteiger partial charge in [0, 0.05) is 28.6 Å². The molecule has 0 atom stereocenters. The van der Waals surface area contributed by atoms with E-state index in [4.69, 9.17) is 4.74 Å². The van der Waals surface area contributed by atoms with E-state index >= 15 is 0 Å². The number of nitrogens with zero attached hydrogens (tertiary/aromatic N) is 2. The molecule has 0 saturated carbocycles. The first-order valence-corrected chi connectivity index (χ1v) is 10.1. The Morgan fingerprint density at radius 1 is 1.19 bits per heavy atom. The van der Waals surface area contributed by atoms with Crippen LogP contribution in [-0.4, -0.2) is 30.0 Å². The second kappa shape index (κ2) is 7.39. The van der Waals surface area contributed by atoms with Crippen molar-refractivity contribution in [3.63, 3.8) is 0 Å². The van der Waals surface area contributed by atoms with Crippen LogP contribution in [0, 0.1) is 0 Å². The molecule has 3 heterocycles.